The Morgan fingerprint density at radius 1 is 1.15 bits per heavy atom. The van der Waals surface area contributed by atoms with Gasteiger partial charge in [-0.3, -0.25) is 9.52 Å². The molecule has 1 aromatic heterocycles. The average molecular weight is 471 g/mol. The minimum Gasteiger partial charge on any atom is -0.337 e. The molecule has 3 aromatic rings. The number of anilines is 2. The predicted octanol–water partition coefficient (Wildman–Crippen LogP) is 2.62. The van der Waals surface area contributed by atoms with E-state index in [0.29, 0.717) is 29.9 Å². The number of carbonyl (C=O) groups excluding carboxylic acids is 1. The fourth-order valence-corrected chi connectivity index (χ4v) is 4.33. The fraction of sp³-hybridized carbons (Fsp3) is 0.318. The van der Waals surface area contributed by atoms with Crippen molar-refractivity contribution in [3.8, 4) is 11.4 Å². The minimum atomic E-state index is -3.90. The van der Waals surface area contributed by atoms with Crippen molar-refractivity contribution in [1.82, 2.24) is 10.1 Å². The van der Waals surface area contributed by atoms with Crippen LogP contribution in [0.3, 0.4) is 0 Å². The maximum absolute atomic E-state index is 13.0. The molecule has 1 fully saturated rings. The minimum absolute atomic E-state index is 0.0335. The van der Waals surface area contributed by atoms with Gasteiger partial charge in [0.15, 0.2) is 0 Å². The number of carbonyl (C=O) groups is 1. The van der Waals surface area contributed by atoms with Crippen molar-refractivity contribution in [2.24, 2.45) is 17.4 Å². The first-order valence-electron chi connectivity index (χ1n) is 10.7. The van der Waals surface area contributed by atoms with Gasteiger partial charge in [-0.1, -0.05) is 23.4 Å². The first-order valence-corrected chi connectivity index (χ1v) is 12.2. The summed E-state index contributed by atoms with van der Waals surface area (Å²) in [5, 5.41) is 6.73. The van der Waals surface area contributed by atoms with E-state index in [1.54, 1.807) is 36.4 Å². The van der Waals surface area contributed by atoms with Gasteiger partial charge >= 0.3 is 0 Å². The van der Waals surface area contributed by atoms with E-state index in [2.05, 4.69) is 20.2 Å². The van der Waals surface area contributed by atoms with Gasteiger partial charge in [0.25, 0.3) is 10.0 Å². The van der Waals surface area contributed by atoms with Gasteiger partial charge in [0.05, 0.1) is 16.6 Å². The van der Waals surface area contributed by atoms with Gasteiger partial charge in [-0.05, 0) is 62.6 Å². The van der Waals surface area contributed by atoms with Crippen LogP contribution in [0.15, 0.2) is 57.9 Å². The molecule has 0 radical (unpaired) electrons. The normalized spacial score (nSPS) is 14.6. The zero-order valence-corrected chi connectivity index (χ0v) is 18.7. The highest BCUT2D eigenvalue weighted by molar-refractivity contribution is 7.92. The molecule has 2 aromatic carbocycles. The lowest BCUT2D eigenvalue weighted by atomic mass is 10.1. The Morgan fingerprint density at radius 2 is 1.91 bits per heavy atom. The highest BCUT2D eigenvalue weighted by Gasteiger charge is 2.29. The van der Waals surface area contributed by atoms with Crippen LogP contribution in [0.4, 0.5) is 11.4 Å². The summed E-state index contributed by atoms with van der Waals surface area (Å²) in [7, 11) is -3.90. The molecule has 0 aliphatic heterocycles. The van der Waals surface area contributed by atoms with Crippen LogP contribution in [0.1, 0.15) is 37.6 Å². The fourth-order valence-electron chi connectivity index (χ4n) is 3.23. The molecule has 0 saturated heterocycles. The largest absolute Gasteiger partial charge is 0.337 e. The molecule has 1 atom stereocenters. The molecule has 6 N–H and O–H groups in total. The molecule has 1 aliphatic carbocycles. The molecule has 1 heterocycles. The lowest BCUT2D eigenvalue weighted by Crippen LogP contribution is -2.15. The molecule has 4 rings (SSSR count). The summed E-state index contributed by atoms with van der Waals surface area (Å²) in [5.74, 6) is 0.517. The zero-order valence-electron chi connectivity index (χ0n) is 17.9. The van der Waals surface area contributed by atoms with Crippen LogP contribution in [0.5, 0.6) is 0 Å². The second-order valence-corrected chi connectivity index (χ2v) is 9.65. The van der Waals surface area contributed by atoms with E-state index < -0.39 is 16.1 Å². The molecule has 0 unspecified atom stereocenters. The Kier molecular flexibility index (Phi) is 6.72. The van der Waals surface area contributed by atoms with Crippen LogP contribution in [-0.4, -0.2) is 31.0 Å². The van der Waals surface area contributed by atoms with Crippen molar-refractivity contribution in [1.29, 1.82) is 0 Å². The van der Waals surface area contributed by atoms with Crippen molar-refractivity contribution in [2.75, 3.05) is 16.6 Å². The second kappa shape index (κ2) is 9.69. The standard InChI is InChI=1S/C22H26N6O4S/c23-11-3-8-19(24)22-26-20(27-32-22)15-4-1-7-18(12-15)33(30,31)28-17-6-2-5-16(13-17)25-21(29)14-9-10-14/h1-2,4-7,12-14,19,28H,3,8-11,23-24H2,(H,25,29)/t19-/m0/s1. The van der Waals surface area contributed by atoms with Crippen LogP contribution in [-0.2, 0) is 14.8 Å². The van der Waals surface area contributed by atoms with Crippen molar-refractivity contribution < 1.29 is 17.7 Å². The van der Waals surface area contributed by atoms with Gasteiger partial charge in [0.2, 0.25) is 17.6 Å². The third-order valence-corrected chi connectivity index (χ3v) is 6.59. The van der Waals surface area contributed by atoms with Crippen LogP contribution in [0, 0.1) is 5.92 Å². The topological polar surface area (TPSA) is 166 Å². The lowest BCUT2D eigenvalue weighted by Gasteiger charge is -2.11. The number of nitrogens with zero attached hydrogens (tertiary/aromatic N) is 2. The third kappa shape index (κ3) is 5.75. The predicted molar refractivity (Wildman–Crippen MR) is 124 cm³/mol. The van der Waals surface area contributed by atoms with E-state index in [1.807, 2.05) is 0 Å². The average Bonchev–Trinajstić information content (AvgIpc) is 3.54. The molecule has 174 valence electrons. The molecule has 1 amide bonds. The van der Waals surface area contributed by atoms with Crippen LogP contribution < -0.4 is 21.5 Å². The Morgan fingerprint density at radius 3 is 2.67 bits per heavy atom. The zero-order chi connectivity index (χ0) is 23.4. The van der Waals surface area contributed by atoms with E-state index in [-0.39, 0.29) is 28.4 Å². The highest BCUT2D eigenvalue weighted by Crippen LogP contribution is 2.31. The molecule has 11 heteroatoms. The first-order chi connectivity index (χ1) is 15.9. The van der Waals surface area contributed by atoms with E-state index >= 15 is 0 Å². The molecule has 33 heavy (non-hydrogen) atoms. The monoisotopic (exact) mass is 470 g/mol. The number of aromatic nitrogens is 2. The number of rotatable bonds is 10. The summed E-state index contributed by atoms with van der Waals surface area (Å²) in [6.07, 6.45) is 3.10. The number of hydrogen-bond acceptors (Lipinski definition) is 8. The SMILES string of the molecule is NCCC[C@H](N)c1nc(-c2cccc(S(=O)(=O)Nc3cccc(NC(=O)C4CC4)c3)c2)no1. The molecule has 10 nitrogen and oxygen atoms in total. The first kappa shape index (κ1) is 22.9. The Balaban J connectivity index is 1.50. The number of benzene rings is 2. The van der Waals surface area contributed by atoms with Crippen molar-refractivity contribution in [3.63, 3.8) is 0 Å². The van der Waals surface area contributed by atoms with E-state index in [1.165, 1.54) is 12.1 Å². The van der Waals surface area contributed by atoms with Crippen LogP contribution in [0.2, 0.25) is 0 Å². The molecule has 1 aliphatic rings. The van der Waals surface area contributed by atoms with Crippen LogP contribution in [0.25, 0.3) is 11.4 Å². The van der Waals surface area contributed by atoms with Gasteiger partial charge in [0.1, 0.15) is 0 Å². The maximum Gasteiger partial charge on any atom is 0.261 e. The Labute approximate surface area is 191 Å². The summed E-state index contributed by atoms with van der Waals surface area (Å²) in [5.41, 5.74) is 12.9. The van der Waals surface area contributed by atoms with Gasteiger partial charge in [-0.25, -0.2) is 8.42 Å². The Hall–Kier alpha value is -3.28. The Bertz CT molecular complexity index is 1240. The quantitative estimate of drug-likeness (QED) is 0.351. The van der Waals surface area contributed by atoms with Crippen molar-refractivity contribution in [2.45, 2.75) is 36.6 Å². The number of hydrogen-bond donors (Lipinski definition) is 4. The number of sulfonamides is 1. The van der Waals surface area contributed by atoms with Crippen LogP contribution >= 0.6 is 0 Å². The summed E-state index contributed by atoms with van der Waals surface area (Å²) >= 11 is 0. The lowest BCUT2D eigenvalue weighted by molar-refractivity contribution is -0.117. The second-order valence-electron chi connectivity index (χ2n) is 7.97. The molecule has 0 bridgehead atoms. The van der Waals surface area contributed by atoms with Gasteiger partial charge in [0, 0.05) is 17.2 Å². The smallest absolute Gasteiger partial charge is 0.261 e. The van der Waals surface area contributed by atoms with E-state index in [4.69, 9.17) is 16.0 Å². The van der Waals surface area contributed by atoms with Gasteiger partial charge < -0.3 is 21.3 Å². The number of nitrogens with two attached hydrogens (primary N) is 2. The summed E-state index contributed by atoms with van der Waals surface area (Å²) in [4.78, 5) is 16.3. The third-order valence-electron chi connectivity index (χ3n) is 5.21. The van der Waals surface area contributed by atoms with E-state index in [0.717, 1.165) is 19.3 Å². The summed E-state index contributed by atoms with van der Waals surface area (Å²) in [6.45, 7) is 0.511. The molecular weight excluding hydrogens is 444 g/mol. The summed E-state index contributed by atoms with van der Waals surface area (Å²) < 4.78 is 33.7. The molecule has 0 spiro atoms. The molecular formula is C22H26N6O4S. The summed E-state index contributed by atoms with van der Waals surface area (Å²) in [6, 6.07) is 12.4. The highest BCUT2D eigenvalue weighted by atomic mass is 32.2. The number of amides is 1. The van der Waals surface area contributed by atoms with Gasteiger partial charge in [-0.2, -0.15) is 4.98 Å². The maximum atomic E-state index is 13.0. The van der Waals surface area contributed by atoms with Crippen molar-refractivity contribution >= 4 is 27.3 Å². The number of nitrogens with one attached hydrogen (secondary N) is 2. The van der Waals surface area contributed by atoms with Gasteiger partial charge in [-0.15, -0.1) is 0 Å². The van der Waals surface area contributed by atoms with Crippen molar-refractivity contribution in [3.05, 3.63) is 54.4 Å². The molecule has 1 saturated carbocycles. The van der Waals surface area contributed by atoms with E-state index in [9.17, 15) is 13.2 Å².